The fourth-order valence-corrected chi connectivity index (χ4v) is 0.788. The predicted molar refractivity (Wildman–Crippen MR) is 47.6 cm³/mol. The average molecular weight is 207 g/mol. The Labute approximate surface area is 79.0 Å². The van der Waals surface area contributed by atoms with E-state index in [1.807, 2.05) is 0 Å². The summed E-state index contributed by atoms with van der Waals surface area (Å²) in [5.74, 6) is -0.438. The SMILES string of the molecule is COC(C)COC(=O)[C@H](C)NP=O. The first-order chi connectivity index (χ1) is 6.11. The van der Waals surface area contributed by atoms with Crippen LogP contribution in [0.3, 0.4) is 0 Å². The first-order valence-corrected chi connectivity index (χ1v) is 4.70. The number of methoxy groups -OCH3 is 1. The van der Waals surface area contributed by atoms with Gasteiger partial charge in [-0.15, -0.1) is 0 Å². The van der Waals surface area contributed by atoms with Crippen LogP contribution in [-0.2, 0) is 18.8 Å². The molecule has 0 rings (SSSR count). The smallest absolute Gasteiger partial charge is 0.323 e. The van der Waals surface area contributed by atoms with Crippen molar-refractivity contribution in [3.63, 3.8) is 0 Å². The molecule has 1 unspecified atom stereocenters. The molecule has 0 bridgehead atoms. The molecule has 6 heteroatoms. The lowest BCUT2D eigenvalue weighted by molar-refractivity contribution is -0.148. The molecule has 5 nitrogen and oxygen atoms in total. The summed E-state index contributed by atoms with van der Waals surface area (Å²) in [5.41, 5.74) is 0. The molecule has 0 heterocycles. The van der Waals surface area contributed by atoms with E-state index in [-0.39, 0.29) is 21.3 Å². The zero-order valence-corrected chi connectivity index (χ0v) is 8.84. The number of hydrogen-bond acceptors (Lipinski definition) is 4. The van der Waals surface area contributed by atoms with Crippen LogP contribution < -0.4 is 5.09 Å². The maximum Gasteiger partial charge on any atom is 0.323 e. The zero-order chi connectivity index (χ0) is 10.3. The highest BCUT2D eigenvalue weighted by atomic mass is 31.1. The molecule has 0 aliphatic heterocycles. The van der Waals surface area contributed by atoms with Crippen LogP contribution in [0.5, 0.6) is 0 Å². The Hall–Kier alpha value is -0.510. The van der Waals surface area contributed by atoms with Crippen LogP contribution in [0.25, 0.3) is 0 Å². The number of nitrogens with one attached hydrogen (secondary N) is 1. The van der Waals surface area contributed by atoms with Crippen LogP contribution in [-0.4, -0.2) is 31.8 Å². The summed E-state index contributed by atoms with van der Waals surface area (Å²) in [6, 6.07) is -0.566. The number of rotatable bonds is 6. The Balaban J connectivity index is 3.67. The van der Waals surface area contributed by atoms with Crippen molar-refractivity contribution in [1.82, 2.24) is 5.09 Å². The minimum Gasteiger partial charge on any atom is -0.462 e. The second-order valence-corrected chi connectivity index (χ2v) is 3.06. The van der Waals surface area contributed by atoms with Gasteiger partial charge in [0.25, 0.3) is 0 Å². The van der Waals surface area contributed by atoms with Crippen molar-refractivity contribution in [2.75, 3.05) is 13.7 Å². The third-order valence-electron chi connectivity index (χ3n) is 1.46. The van der Waals surface area contributed by atoms with Gasteiger partial charge < -0.3 is 9.47 Å². The number of hydrogen-bond donors (Lipinski definition) is 1. The lowest BCUT2D eigenvalue weighted by Gasteiger charge is -2.12. The van der Waals surface area contributed by atoms with Crippen LogP contribution in [0.4, 0.5) is 0 Å². The van der Waals surface area contributed by atoms with Gasteiger partial charge in [-0.3, -0.25) is 9.36 Å². The summed E-state index contributed by atoms with van der Waals surface area (Å²) >= 11 is 0. The number of esters is 1. The van der Waals surface area contributed by atoms with Crippen molar-refractivity contribution in [3.05, 3.63) is 0 Å². The van der Waals surface area contributed by atoms with Gasteiger partial charge in [-0.25, -0.2) is 5.09 Å². The molecule has 1 N–H and O–H groups in total. The molecule has 0 aromatic carbocycles. The van der Waals surface area contributed by atoms with E-state index in [4.69, 9.17) is 9.47 Å². The van der Waals surface area contributed by atoms with Crippen LogP contribution >= 0.6 is 8.61 Å². The first kappa shape index (κ1) is 12.5. The fourth-order valence-electron chi connectivity index (χ4n) is 0.524. The second-order valence-electron chi connectivity index (χ2n) is 2.62. The molecular formula is C7H14NO4P. The van der Waals surface area contributed by atoms with E-state index in [9.17, 15) is 9.36 Å². The molecule has 13 heavy (non-hydrogen) atoms. The Morgan fingerprint density at radius 2 is 2.15 bits per heavy atom. The van der Waals surface area contributed by atoms with Crippen LogP contribution in [0, 0.1) is 0 Å². The minimum absolute atomic E-state index is 0.124. The van der Waals surface area contributed by atoms with Crippen LogP contribution in [0.15, 0.2) is 0 Å². The van der Waals surface area contributed by atoms with Gasteiger partial charge in [-0.05, 0) is 13.8 Å². The van der Waals surface area contributed by atoms with Gasteiger partial charge in [-0.1, -0.05) is 0 Å². The van der Waals surface area contributed by atoms with Crippen LogP contribution in [0.1, 0.15) is 13.8 Å². The third kappa shape index (κ3) is 5.69. The molecular weight excluding hydrogens is 193 g/mol. The van der Waals surface area contributed by atoms with Gasteiger partial charge in [0.15, 0.2) is 0 Å². The minimum atomic E-state index is -0.566. The zero-order valence-electron chi connectivity index (χ0n) is 7.94. The lowest BCUT2D eigenvalue weighted by atomic mass is 10.4. The van der Waals surface area contributed by atoms with E-state index < -0.39 is 12.0 Å². The summed E-state index contributed by atoms with van der Waals surface area (Å²) in [6.07, 6.45) is -0.124. The van der Waals surface area contributed by atoms with Gasteiger partial charge in [0.2, 0.25) is 8.61 Å². The predicted octanol–water partition coefficient (Wildman–Crippen LogP) is 0.749. The van der Waals surface area contributed by atoms with Crippen LogP contribution in [0.2, 0.25) is 0 Å². The highest BCUT2D eigenvalue weighted by Gasteiger charge is 2.14. The molecule has 0 radical (unpaired) electrons. The average Bonchev–Trinajstić information content (AvgIpc) is 2.13. The lowest BCUT2D eigenvalue weighted by Crippen LogP contribution is -2.31. The first-order valence-electron chi connectivity index (χ1n) is 3.89. The van der Waals surface area contributed by atoms with Gasteiger partial charge >= 0.3 is 5.97 Å². The maximum absolute atomic E-state index is 11.1. The molecule has 76 valence electrons. The summed E-state index contributed by atoms with van der Waals surface area (Å²) in [5, 5.41) is 2.39. The van der Waals surface area contributed by atoms with E-state index in [2.05, 4.69) is 5.09 Å². The standard InChI is InChI=1S/C7H14NO4P/c1-5(11-3)4-12-7(9)6(2)8-13-10/h5-6H,4H2,1-3H3,(H,8,10)/t5?,6-/m0/s1. The summed E-state index contributed by atoms with van der Waals surface area (Å²) in [6.45, 7) is 3.57. The quantitative estimate of drug-likeness (QED) is 0.514. The second kappa shape index (κ2) is 6.95. The molecule has 0 aliphatic rings. The van der Waals surface area contributed by atoms with Gasteiger partial charge in [0, 0.05) is 7.11 Å². The highest BCUT2D eigenvalue weighted by Crippen LogP contribution is 1.96. The Morgan fingerprint density at radius 3 is 2.62 bits per heavy atom. The number of carbonyl (C=O) groups excluding carboxylic acids is 1. The van der Waals surface area contributed by atoms with Gasteiger partial charge in [-0.2, -0.15) is 0 Å². The molecule has 2 atom stereocenters. The van der Waals surface area contributed by atoms with E-state index in [0.717, 1.165) is 0 Å². The van der Waals surface area contributed by atoms with Gasteiger partial charge in [0.05, 0.1) is 6.10 Å². The maximum atomic E-state index is 11.1. The topological polar surface area (TPSA) is 64.6 Å². The summed E-state index contributed by atoms with van der Waals surface area (Å²) in [7, 11) is 1.26. The summed E-state index contributed by atoms with van der Waals surface area (Å²) in [4.78, 5) is 11.1. The Kier molecular flexibility index (Phi) is 6.68. The Bertz CT molecular complexity index is 176. The van der Waals surface area contributed by atoms with Crippen molar-refractivity contribution in [2.45, 2.75) is 26.0 Å². The fraction of sp³-hybridized carbons (Fsp3) is 0.857. The highest BCUT2D eigenvalue weighted by molar-refractivity contribution is 7.21. The largest absolute Gasteiger partial charge is 0.462 e. The number of ether oxygens (including phenoxy) is 2. The third-order valence-corrected chi connectivity index (χ3v) is 1.96. The van der Waals surface area contributed by atoms with E-state index >= 15 is 0 Å². The molecule has 0 aromatic heterocycles. The van der Waals surface area contributed by atoms with E-state index in [1.54, 1.807) is 13.8 Å². The van der Waals surface area contributed by atoms with Crippen molar-refractivity contribution in [3.8, 4) is 0 Å². The Morgan fingerprint density at radius 1 is 1.54 bits per heavy atom. The molecule has 0 spiro atoms. The van der Waals surface area contributed by atoms with Crippen molar-refractivity contribution < 1.29 is 18.8 Å². The van der Waals surface area contributed by atoms with Crippen molar-refractivity contribution >= 4 is 14.6 Å². The molecule has 0 aromatic rings. The van der Waals surface area contributed by atoms with Crippen molar-refractivity contribution in [2.24, 2.45) is 0 Å². The van der Waals surface area contributed by atoms with E-state index in [1.165, 1.54) is 7.11 Å². The monoisotopic (exact) mass is 207 g/mol. The normalized spacial score (nSPS) is 15.3. The summed E-state index contributed by atoms with van der Waals surface area (Å²) < 4.78 is 19.8. The molecule has 0 aliphatic carbocycles. The van der Waals surface area contributed by atoms with E-state index in [0.29, 0.717) is 0 Å². The molecule has 0 saturated carbocycles. The number of carbonyl (C=O) groups is 1. The molecule has 0 amide bonds. The molecule has 0 saturated heterocycles. The van der Waals surface area contributed by atoms with Gasteiger partial charge in [0.1, 0.15) is 12.6 Å². The molecule has 0 fully saturated rings. The van der Waals surface area contributed by atoms with Crippen molar-refractivity contribution in [1.29, 1.82) is 0 Å².